The lowest BCUT2D eigenvalue weighted by Gasteiger charge is -2.07. The van der Waals surface area contributed by atoms with Crippen molar-refractivity contribution in [3.63, 3.8) is 0 Å². The number of fused-ring (bicyclic) bond motifs is 1. The van der Waals surface area contributed by atoms with Crippen molar-refractivity contribution in [2.45, 2.75) is 39.0 Å². The standard InChI is InChI=1S/C20H31FN4O/c1-2-3-8-22-9-4-10-23-11-5-12-24-20(26)13-16-15-25-19-7-6-17(21)14-18(16)19/h6-7,14-15,22-23,25H,2-5,8-13H2,1H3,(H,24,26). The average molecular weight is 362 g/mol. The van der Waals surface area contributed by atoms with Crippen LogP contribution in [-0.4, -0.2) is 43.6 Å². The van der Waals surface area contributed by atoms with E-state index in [0.29, 0.717) is 6.54 Å². The molecule has 0 radical (unpaired) electrons. The van der Waals surface area contributed by atoms with E-state index < -0.39 is 0 Å². The molecule has 4 N–H and O–H groups in total. The maximum Gasteiger partial charge on any atom is 0.224 e. The topological polar surface area (TPSA) is 68.9 Å². The maximum atomic E-state index is 13.4. The number of hydrogen-bond donors (Lipinski definition) is 4. The molecular formula is C20H31FN4O. The summed E-state index contributed by atoms with van der Waals surface area (Å²) in [7, 11) is 0. The molecule has 1 amide bonds. The molecule has 0 fully saturated rings. The normalized spacial score (nSPS) is 11.2. The highest BCUT2D eigenvalue weighted by Crippen LogP contribution is 2.19. The van der Waals surface area contributed by atoms with Crippen molar-refractivity contribution in [3.8, 4) is 0 Å². The van der Waals surface area contributed by atoms with Crippen LogP contribution in [0.5, 0.6) is 0 Å². The van der Waals surface area contributed by atoms with Gasteiger partial charge in [-0.2, -0.15) is 0 Å². The average Bonchev–Trinajstić information content (AvgIpc) is 3.01. The predicted octanol–water partition coefficient (Wildman–Crippen LogP) is 2.73. The van der Waals surface area contributed by atoms with Crippen molar-refractivity contribution < 1.29 is 9.18 Å². The van der Waals surface area contributed by atoms with Gasteiger partial charge in [0, 0.05) is 23.6 Å². The van der Waals surface area contributed by atoms with Gasteiger partial charge in [-0.15, -0.1) is 0 Å². The zero-order valence-corrected chi connectivity index (χ0v) is 15.7. The van der Waals surface area contributed by atoms with Crippen LogP contribution >= 0.6 is 0 Å². The molecule has 0 atom stereocenters. The number of halogens is 1. The molecule has 2 rings (SSSR count). The van der Waals surface area contributed by atoms with Crippen LogP contribution in [0.2, 0.25) is 0 Å². The lowest BCUT2D eigenvalue weighted by atomic mass is 10.1. The molecule has 5 nitrogen and oxygen atoms in total. The zero-order valence-electron chi connectivity index (χ0n) is 15.7. The number of H-pyrrole nitrogens is 1. The van der Waals surface area contributed by atoms with Crippen molar-refractivity contribution in [1.82, 2.24) is 20.9 Å². The van der Waals surface area contributed by atoms with Crippen LogP contribution in [0.3, 0.4) is 0 Å². The van der Waals surface area contributed by atoms with E-state index in [1.165, 1.54) is 25.0 Å². The van der Waals surface area contributed by atoms with Crippen molar-refractivity contribution in [2.24, 2.45) is 0 Å². The summed E-state index contributed by atoms with van der Waals surface area (Å²) in [5, 5.41) is 10.5. The Balaban J connectivity index is 1.53. The number of amides is 1. The summed E-state index contributed by atoms with van der Waals surface area (Å²) in [6.45, 7) is 6.89. The summed E-state index contributed by atoms with van der Waals surface area (Å²) in [6.07, 6.45) is 6.53. The van der Waals surface area contributed by atoms with E-state index in [0.717, 1.165) is 55.5 Å². The van der Waals surface area contributed by atoms with Crippen molar-refractivity contribution in [3.05, 3.63) is 35.8 Å². The molecule has 0 bridgehead atoms. The Morgan fingerprint density at radius 1 is 1.04 bits per heavy atom. The second kappa shape index (κ2) is 11.6. The molecule has 0 aliphatic carbocycles. The number of rotatable bonds is 13. The smallest absolute Gasteiger partial charge is 0.224 e. The maximum absolute atomic E-state index is 13.4. The molecule has 0 spiro atoms. The van der Waals surface area contributed by atoms with E-state index >= 15 is 0 Å². The van der Waals surface area contributed by atoms with Gasteiger partial charge < -0.3 is 20.9 Å². The minimum absolute atomic E-state index is 0.0321. The fourth-order valence-corrected chi connectivity index (χ4v) is 2.86. The third-order valence-corrected chi connectivity index (χ3v) is 4.35. The van der Waals surface area contributed by atoms with Crippen molar-refractivity contribution >= 4 is 16.8 Å². The van der Waals surface area contributed by atoms with Gasteiger partial charge in [-0.1, -0.05) is 13.3 Å². The summed E-state index contributed by atoms with van der Waals surface area (Å²) in [6, 6.07) is 4.57. The second-order valence-corrected chi connectivity index (χ2v) is 6.59. The van der Waals surface area contributed by atoms with E-state index in [2.05, 4.69) is 27.9 Å². The van der Waals surface area contributed by atoms with Crippen LogP contribution in [0.4, 0.5) is 4.39 Å². The van der Waals surface area contributed by atoms with Gasteiger partial charge in [0.25, 0.3) is 0 Å². The molecule has 6 heteroatoms. The van der Waals surface area contributed by atoms with E-state index in [1.807, 2.05) is 0 Å². The molecule has 0 saturated carbocycles. The van der Waals surface area contributed by atoms with Gasteiger partial charge in [-0.05, 0) is 69.2 Å². The van der Waals surface area contributed by atoms with Crippen LogP contribution in [0, 0.1) is 5.82 Å². The highest BCUT2D eigenvalue weighted by molar-refractivity contribution is 5.88. The van der Waals surface area contributed by atoms with E-state index in [1.54, 1.807) is 12.3 Å². The van der Waals surface area contributed by atoms with Gasteiger partial charge in [-0.3, -0.25) is 4.79 Å². The summed E-state index contributed by atoms with van der Waals surface area (Å²) in [4.78, 5) is 15.1. The van der Waals surface area contributed by atoms with Gasteiger partial charge in [-0.25, -0.2) is 4.39 Å². The number of carbonyl (C=O) groups is 1. The Morgan fingerprint density at radius 3 is 2.46 bits per heavy atom. The summed E-state index contributed by atoms with van der Waals surface area (Å²) >= 11 is 0. The highest BCUT2D eigenvalue weighted by atomic mass is 19.1. The fraction of sp³-hybridized carbons (Fsp3) is 0.550. The molecule has 0 unspecified atom stereocenters. The number of hydrogen-bond acceptors (Lipinski definition) is 3. The minimum atomic E-state index is -0.287. The van der Waals surface area contributed by atoms with Crippen LogP contribution in [0.15, 0.2) is 24.4 Å². The van der Waals surface area contributed by atoms with Crippen LogP contribution in [-0.2, 0) is 11.2 Å². The first-order valence-corrected chi connectivity index (χ1v) is 9.64. The monoisotopic (exact) mass is 362 g/mol. The first-order valence-electron chi connectivity index (χ1n) is 9.64. The summed E-state index contributed by atoms with van der Waals surface area (Å²) in [5.41, 5.74) is 1.67. The number of nitrogens with one attached hydrogen (secondary N) is 4. The molecule has 1 aromatic carbocycles. The molecule has 0 saturated heterocycles. The largest absolute Gasteiger partial charge is 0.361 e. The molecule has 0 aliphatic heterocycles. The van der Waals surface area contributed by atoms with Crippen molar-refractivity contribution in [2.75, 3.05) is 32.7 Å². The summed E-state index contributed by atoms with van der Waals surface area (Å²) < 4.78 is 13.4. The lowest BCUT2D eigenvalue weighted by molar-refractivity contribution is -0.120. The fourth-order valence-electron chi connectivity index (χ4n) is 2.86. The number of carbonyl (C=O) groups excluding carboxylic acids is 1. The SMILES string of the molecule is CCCCNCCCNCCCNC(=O)Cc1c[nH]c2ccc(F)cc12. The van der Waals surface area contributed by atoms with Gasteiger partial charge in [0.05, 0.1) is 6.42 Å². The number of aromatic amines is 1. The van der Waals surface area contributed by atoms with E-state index in [4.69, 9.17) is 0 Å². The minimum Gasteiger partial charge on any atom is -0.361 e. The third kappa shape index (κ3) is 7.14. The third-order valence-electron chi connectivity index (χ3n) is 4.35. The lowest BCUT2D eigenvalue weighted by Crippen LogP contribution is -2.29. The molecule has 1 aromatic heterocycles. The molecule has 1 heterocycles. The molecule has 2 aromatic rings. The van der Waals surface area contributed by atoms with Gasteiger partial charge in [0.1, 0.15) is 5.82 Å². The highest BCUT2D eigenvalue weighted by Gasteiger charge is 2.09. The zero-order chi connectivity index (χ0) is 18.6. The number of aromatic nitrogens is 1. The Kier molecular flexibility index (Phi) is 9.14. The quantitative estimate of drug-likeness (QED) is 0.414. The molecular weight excluding hydrogens is 331 g/mol. The van der Waals surface area contributed by atoms with Gasteiger partial charge in [0.2, 0.25) is 5.91 Å². The number of unbranched alkanes of at least 4 members (excludes halogenated alkanes) is 1. The van der Waals surface area contributed by atoms with Crippen LogP contribution in [0.1, 0.15) is 38.2 Å². The molecule has 0 aliphatic rings. The Labute approximate surface area is 155 Å². The Morgan fingerprint density at radius 2 is 1.73 bits per heavy atom. The van der Waals surface area contributed by atoms with E-state index in [9.17, 15) is 9.18 Å². The Bertz CT molecular complexity index is 671. The van der Waals surface area contributed by atoms with Crippen LogP contribution < -0.4 is 16.0 Å². The van der Waals surface area contributed by atoms with Gasteiger partial charge >= 0.3 is 0 Å². The van der Waals surface area contributed by atoms with Crippen molar-refractivity contribution in [1.29, 1.82) is 0 Å². The predicted molar refractivity (Wildman–Crippen MR) is 105 cm³/mol. The Hall–Kier alpha value is -1.92. The number of benzene rings is 1. The summed E-state index contributed by atoms with van der Waals surface area (Å²) in [5.74, 6) is -0.319. The molecule has 26 heavy (non-hydrogen) atoms. The first-order chi connectivity index (χ1) is 12.7. The van der Waals surface area contributed by atoms with Gasteiger partial charge in [0.15, 0.2) is 0 Å². The van der Waals surface area contributed by atoms with Crippen LogP contribution in [0.25, 0.3) is 10.9 Å². The molecule has 144 valence electrons. The first kappa shape index (κ1) is 20.4. The van der Waals surface area contributed by atoms with E-state index in [-0.39, 0.29) is 18.1 Å². The second-order valence-electron chi connectivity index (χ2n) is 6.59.